The summed E-state index contributed by atoms with van der Waals surface area (Å²) in [5.41, 5.74) is 3.40. The maximum atomic E-state index is 12.4. The number of aromatic carboxylic acids is 1. The first kappa shape index (κ1) is 16.5. The van der Waals surface area contributed by atoms with E-state index in [0.29, 0.717) is 5.69 Å². The Bertz CT molecular complexity index is 991. The SMILES string of the molecule is Cc1nc2c(C)cccn2c1CC(=O)Nc1ccc(O)c(C(=O)O)c1. The van der Waals surface area contributed by atoms with Crippen LogP contribution in [0.1, 0.15) is 27.3 Å². The highest BCUT2D eigenvalue weighted by molar-refractivity contribution is 5.96. The quantitative estimate of drug-likeness (QED) is 0.634. The number of anilines is 1. The Kier molecular flexibility index (Phi) is 4.14. The third-order valence-corrected chi connectivity index (χ3v) is 3.98. The van der Waals surface area contributed by atoms with E-state index < -0.39 is 5.97 Å². The Hall–Kier alpha value is -3.35. The van der Waals surface area contributed by atoms with Gasteiger partial charge in [-0.15, -0.1) is 0 Å². The van der Waals surface area contributed by atoms with Crippen molar-refractivity contribution in [3.8, 4) is 5.75 Å². The van der Waals surface area contributed by atoms with Gasteiger partial charge in [-0.25, -0.2) is 9.78 Å². The van der Waals surface area contributed by atoms with E-state index in [0.717, 1.165) is 22.6 Å². The van der Waals surface area contributed by atoms with Crippen LogP contribution in [0.15, 0.2) is 36.5 Å². The lowest BCUT2D eigenvalue weighted by molar-refractivity contribution is -0.115. The first-order valence-corrected chi connectivity index (χ1v) is 7.66. The van der Waals surface area contributed by atoms with Gasteiger partial charge in [0.2, 0.25) is 5.91 Å². The van der Waals surface area contributed by atoms with Gasteiger partial charge in [-0.3, -0.25) is 4.79 Å². The van der Waals surface area contributed by atoms with Crippen molar-refractivity contribution in [2.45, 2.75) is 20.3 Å². The second-order valence-corrected chi connectivity index (χ2v) is 5.79. The van der Waals surface area contributed by atoms with Crippen molar-refractivity contribution in [1.82, 2.24) is 9.38 Å². The zero-order chi connectivity index (χ0) is 18.1. The summed E-state index contributed by atoms with van der Waals surface area (Å²) in [4.78, 5) is 27.9. The summed E-state index contributed by atoms with van der Waals surface area (Å²) in [6, 6.07) is 7.76. The van der Waals surface area contributed by atoms with E-state index >= 15 is 0 Å². The molecule has 25 heavy (non-hydrogen) atoms. The number of aryl methyl sites for hydroxylation is 2. The van der Waals surface area contributed by atoms with Crippen LogP contribution in [0, 0.1) is 13.8 Å². The lowest BCUT2D eigenvalue weighted by Crippen LogP contribution is -2.16. The lowest BCUT2D eigenvalue weighted by Gasteiger charge is -2.08. The summed E-state index contributed by atoms with van der Waals surface area (Å²) < 4.78 is 1.88. The van der Waals surface area contributed by atoms with Gasteiger partial charge in [0.15, 0.2) is 0 Å². The van der Waals surface area contributed by atoms with Gasteiger partial charge in [0, 0.05) is 11.9 Å². The molecule has 0 saturated heterocycles. The fourth-order valence-corrected chi connectivity index (χ4v) is 2.72. The van der Waals surface area contributed by atoms with E-state index in [1.807, 2.05) is 36.6 Å². The number of carbonyl (C=O) groups excluding carboxylic acids is 1. The highest BCUT2D eigenvalue weighted by Gasteiger charge is 2.15. The summed E-state index contributed by atoms with van der Waals surface area (Å²) in [7, 11) is 0. The molecule has 0 fully saturated rings. The van der Waals surface area contributed by atoms with Gasteiger partial charge in [0.25, 0.3) is 0 Å². The third kappa shape index (κ3) is 3.16. The number of benzene rings is 1. The number of imidazole rings is 1. The van der Waals surface area contributed by atoms with Gasteiger partial charge in [-0.05, 0) is 43.7 Å². The van der Waals surface area contributed by atoms with Gasteiger partial charge in [0.05, 0.1) is 17.8 Å². The second kappa shape index (κ2) is 6.27. The topological polar surface area (TPSA) is 104 Å². The normalized spacial score (nSPS) is 10.8. The predicted molar refractivity (Wildman–Crippen MR) is 92.1 cm³/mol. The van der Waals surface area contributed by atoms with Gasteiger partial charge in [0.1, 0.15) is 17.0 Å². The maximum Gasteiger partial charge on any atom is 0.339 e. The fraction of sp³-hybridized carbons (Fsp3) is 0.167. The number of carboxylic acids is 1. The van der Waals surface area contributed by atoms with E-state index in [1.54, 1.807) is 0 Å². The van der Waals surface area contributed by atoms with Gasteiger partial charge < -0.3 is 19.9 Å². The fourth-order valence-electron chi connectivity index (χ4n) is 2.72. The first-order valence-electron chi connectivity index (χ1n) is 7.66. The van der Waals surface area contributed by atoms with Crippen molar-refractivity contribution < 1.29 is 19.8 Å². The summed E-state index contributed by atoms with van der Waals surface area (Å²) in [6.45, 7) is 3.80. The summed E-state index contributed by atoms with van der Waals surface area (Å²) >= 11 is 0. The molecule has 7 heteroatoms. The molecule has 128 valence electrons. The molecule has 3 N–H and O–H groups in total. The molecule has 0 atom stereocenters. The van der Waals surface area contributed by atoms with Crippen LogP contribution in [0.2, 0.25) is 0 Å². The number of nitrogens with one attached hydrogen (secondary N) is 1. The zero-order valence-electron chi connectivity index (χ0n) is 13.8. The number of phenols is 1. The maximum absolute atomic E-state index is 12.4. The minimum Gasteiger partial charge on any atom is -0.507 e. The van der Waals surface area contributed by atoms with Crippen molar-refractivity contribution >= 4 is 23.2 Å². The standard InChI is InChI=1S/C18H17N3O4/c1-10-4-3-7-21-14(11(2)19-17(10)21)9-16(23)20-12-5-6-15(22)13(8-12)18(24)25/h3-8,22H,9H2,1-2H3,(H,20,23)(H,24,25). The number of amides is 1. The number of rotatable bonds is 4. The Morgan fingerprint density at radius 2 is 2.00 bits per heavy atom. The largest absolute Gasteiger partial charge is 0.507 e. The summed E-state index contributed by atoms with van der Waals surface area (Å²) in [5.74, 6) is -1.91. The van der Waals surface area contributed by atoms with Gasteiger partial charge in [-0.1, -0.05) is 6.07 Å². The number of hydrogen-bond donors (Lipinski definition) is 3. The van der Waals surface area contributed by atoms with E-state index in [4.69, 9.17) is 5.11 Å². The molecule has 0 bridgehead atoms. The molecule has 3 aromatic rings. The number of fused-ring (bicyclic) bond motifs is 1. The molecule has 0 aliphatic carbocycles. The molecule has 2 aromatic heterocycles. The van der Waals surface area contributed by atoms with Crippen LogP contribution in [0.25, 0.3) is 5.65 Å². The zero-order valence-corrected chi connectivity index (χ0v) is 13.8. The monoisotopic (exact) mass is 339 g/mol. The van der Waals surface area contributed by atoms with Crippen LogP contribution in [-0.2, 0) is 11.2 Å². The Labute approximate surface area is 143 Å². The highest BCUT2D eigenvalue weighted by atomic mass is 16.4. The number of carbonyl (C=O) groups is 2. The number of aromatic hydroxyl groups is 1. The number of nitrogens with zero attached hydrogens (tertiary/aromatic N) is 2. The molecule has 0 aliphatic heterocycles. The number of pyridine rings is 1. The number of hydrogen-bond acceptors (Lipinski definition) is 4. The van der Waals surface area contributed by atoms with Gasteiger partial charge in [-0.2, -0.15) is 0 Å². The molecule has 2 heterocycles. The molecule has 7 nitrogen and oxygen atoms in total. The number of carboxylic acid groups (broad SMARTS) is 1. The molecule has 3 rings (SSSR count). The molecular formula is C18H17N3O4. The Morgan fingerprint density at radius 1 is 1.24 bits per heavy atom. The lowest BCUT2D eigenvalue weighted by atomic mass is 10.1. The van der Waals surface area contributed by atoms with E-state index in [1.165, 1.54) is 18.2 Å². The summed E-state index contributed by atoms with van der Waals surface area (Å²) in [6.07, 6.45) is 1.95. The van der Waals surface area contributed by atoms with Crippen LogP contribution in [0.4, 0.5) is 5.69 Å². The molecule has 0 radical (unpaired) electrons. The average molecular weight is 339 g/mol. The Balaban J connectivity index is 1.84. The van der Waals surface area contributed by atoms with Crippen molar-refractivity contribution in [2.75, 3.05) is 5.32 Å². The molecule has 1 amide bonds. The number of aromatic nitrogens is 2. The van der Waals surface area contributed by atoms with Crippen LogP contribution in [0.5, 0.6) is 5.75 Å². The van der Waals surface area contributed by atoms with Crippen LogP contribution >= 0.6 is 0 Å². The predicted octanol–water partition coefficient (Wildman–Crippen LogP) is 2.54. The van der Waals surface area contributed by atoms with Crippen LogP contribution in [-0.4, -0.2) is 31.5 Å². The minimum absolute atomic E-state index is 0.0970. The first-order chi connectivity index (χ1) is 11.9. The van der Waals surface area contributed by atoms with E-state index in [-0.39, 0.29) is 23.6 Å². The van der Waals surface area contributed by atoms with Crippen molar-refractivity contribution in [3.05, 3.63) is 59.0 Å². The molecule has 0 spiro atoms. The smallest absolute Gasteiger partial charge is 0.339 e. The van der Waals surface area contributed by atoms with E-state index in [2.05, 4.69) is 10.3 Å². The molecule has 0 aliphatic rings. The Morgan fingerprint density at radius 3 is 2.72 bits per heavy atom. The summed E-state index contributed by atoms with van der Waals surface area (Å²) in [5, 5.41) is 21.2. The molecule has 1 aromatic carbocycles. The highest BCUT2D eigenvalue weighted by Crippen LogP contribution is 2.22. The minimum atomic E-state index is -1.26. The second-order valence-electron chi connectivity index (χ2n) is 5.79. The molecule has 0 unspecified atom stereocenters. The van der Waals surface area contributed by atoms with E-state index in [9.17, 15) is 14.7 Å². The van der Waals surface area contributed by atoms with Crippen molar-refractivity contribution in [3.63, 3.8) is 0 Å². The average Bonchev–Trinajstić information content (AvgIpc) is 2.87. The molecular weight excluding hydrogens is 322 g/mol. The van der Waals surface area contributed by atoms with Crippen molar-refractivity contribution in [2.24, 2.45) is 0 Å². The van der Waals surface area contributed by atoms with Crippen LogP contribution in [0.3, 0.4) is 0 Å². The van der Waals surface area contributed by atoms with Gasteiger partial charge >= 0.3 is 5.97 Å². The molecule has 0 saturated carbocycles. The third-order valence-electron chi connectivity index (χ3n) is 3.98. The van der Waals surface area contributed by atoms with Crippen molar-refractivity contribution in [1.29, 1.82) is 0 Å². The van der Waals surface area contributed by atoms with Crippen LogP contribution < -0.4 is 5.32 Å².